The standard InChI is InChI=1S/C23H33N3O3/c1-19(21-7-3-2-4-8-21)28-15-6-12-24-23(26-17-20-11-16-27-18-20)25-13-10-22-9-5-14-29-22/h2-5,7-9,14,19-20H,6,10-13,15-18H2,1H3,(H2,24,25,26). The highest BCUT2D eigenvalue weighted by molar-refractivity contribution is 5.79. The predicted molar refractivity (Wildman–Crippen MR) is 115 cm³/mol. The molecule has 2 aromatic rings. The highest BCUT2D eigenvalue weighted by Crippen LogP contribution is 2.15. The van der Waals surface area contributed by atoms with Crippen LogP contribution in [0.25, 0.3) is 0 Å². The van der Waals surface area contributed by atoms with Gasteiger partial charge in [0.2, 0.25) is 0 Å². The average Bonchev–Trinajstić information content (AvgIpc) is 3.46. The van der Waals surface area contributed by atoms with Crippen LogP contribution in [0.4, 0.5) is 0 Å². The smallest absolute Gasteiger partial charge is 0.191 e. The van der Waals surface area contributed by atoms with Gasteiger partial charge < -0.3 is 24.5 Å². The predicted octanol–water partition coefficient (Wildman–Crippen LogP) is 3.56. The molecule has 0 radical (unpaired) electrons. The lowest BCUT2D eigenvalue weighted by Gasteiger charge is -2.15. The number of furan rings is 1. The van der Waals surface area contributed by atoms with Crippen LogP contribution in [-0.2, 0) is 15.9 Å². The van der Waals surface area contributed by atoms with Gasteiger partial charge >= 0.3 is 0 Å². The fourth-order valence-corrected chi connectivity index (χ4v) is 3.24. The van der Waals surface area contributed by atoms with Crippen molar-refractivity contribution in [3.05, 3.63) is 60.1 Å². The third-order valence-electron chi connectivity index (χ3n) is 5.03. The third-order valence-corrected chi connectivity index (χ3v) is 5.03. The summed E-state index contributed by atoms with van der Waals surface area (Å²) in [4.78, 5) is 4.75. The zero-order valence-corrected chi connectivity index (χ0v) is 17.3. The molecule has 0 saturated carbocycles. The van der Waals surface area contributed by atoms with Gasteiger partial charge in [0.05, 0.1) is 19.0 Å². The number of guanidine groups is 1. The van der Waals surface area contributed by atoms with E-state index in [-0.39, 0.29) is 6.10 Å². The van der Waals surface area contributed by atoms with E-state index in [9.17, 15) is 0 Å². The van der Waals surface area contributed by atoms with Gasteiger partial charge in [-0.15, -0.1) is 0 Å². The number of nitrogens with zero attached hydrogens (tertiary/aromatic N) is 1. The maximum absolute atomic E-state index is 5.95. The van der Waals surface area contributed by atoms with Crippen molar-refractivity contribution in [3.8, 4) is 0 Å². The monoisotopic (exact) mass is 399 g/mol. The molecule has 2 atom stereocenters. The molecule has 2 unspecified atom stereocenters. The van der Waals surface area contributed by atoms with Crippen molar-refractivity contribution in [1.82, 2.24) is 10.6 Å². The second-order valence-electron chi connectivity index (χ2n) is 7.38. The lowest BCUT2D eigenvalue weighted by Crippen LogP contribution is -2.39. The molecule has 1 fully saturated rings. The quantitative estimate of drug-likeness (QED) is 0.344. The lowest BCUT2D eigenvalue weighted by atomic mass is 10.1. The van der Waals surface area contributed by atoms with Crippen molar-refractivity contribution >= 4 is 5.96 Å². The van der Waals surface area contributed by atoms with Gasteiger partial charge in [-0.2, -0.15) is 0 Å². The van der Waals surface area contributed by atoms with E-state index in [0.717, 1.165) is 63.8 Å². The van der Waals surface area contributed by atoms with Crippen molar-refractivity contribution in [2.45, 2.75) is 32.3 Å². The number of benzene rings is 1. The summed E-state index contributed by atoms with van der Waals surface area (Å²) in [5, 5.41) is 6.83. The second kappa shape index (κ2) is 12.3. The van der Waals surface area contributed by atoms with Gasteiger partial charge in [0, 0.05) is 45.2 Å². The molecule has 1 aliphatic heterocycles. The van der Waals surface area contributed by atoms with Crippen molar-refractivity contribution < 1.29 is 13.9 Å². The van der Waals surface area contributed by atoms with Crippen molar-refractivity contribution in [2.24, 2.45) is 10.9 Å². The average molecular weight is 400 g/mol. The molecule has 0 spiro atoms. The molecule has 158 valence electrons. The van der Waals surface area contributed by atoms with Crippen LogP contribution >= 0.6 is 0 Å². The Kier molecular flexibility index (Phi) is 9.07. The van der Waals surface area contributed by atoms with Gasteiger partial charge in [-0.1, -0.05) is 30.3 Å². The van der Waals surface area contributed by atoms with Crippen LogP contribution < -0.4 is 10.6 Å². The Bertz CT molecular complexity index is 697. The maximum Gasteiger partial charge on any atom is 0.191 e. The first-order chi connectivity index (χ1) is 14.3. The topological polar surface area (TPSA) is 68.0 Å². The largest absolute Gasteiger partial charge is 0.469 e. The molecular formula is C23H33N3O3. The Morgan fingerprint density at radius 3 is 2.79 bits per heavy atom. The Morgan fingerprint density at radius 2 is 2.03 bits per heavy atom. The summed E-state index contributed by atoms with van der Waals surface area (Å²) < 4.78 is 16.8. The molecule has 1 saturated heterocycles. The molecule has 2 N–H and O–H groups in total. The number of nitrogens with one attached hydrogen (secondary N) is 2. The highest BCUT2D eigenvalue weighted by atomic mass is 16.5. The first-order valence-corrected chi connectivity index (χ1v) is 10.6. The number of hydrogen-bond donors (Lipinski definition) is 2. The molecule has 0 aliphatic carbocycles. The van der Waals surface area contributed by atoms with Crippen LogP contribution in [-0.4, -0.2) is 45.4 Å². The molecule has 6 heteroatoms. The molecule has 1 aromatic heterocycles. The fraction of sp³-hybridized carbons (Fsp3) is 0.522. The van der Waals surface area contributed by atoms with Crippen molar-refractivity contribution in [3.63, 3.8) is 0 Å². The summed E-state index contributed by atoms with van der Waals surface area (Å²) in [7, 11) is 0. The minimum atomic E-state index is 0.109. The van der Waals surface area contributed by atoms with Crippen LogP contribution in [0, 0.1) is 5.92 Å². The van der Waals surface area contributed by atoms with Gasteiger partial charge in [-0.05, 0) is 37.5 Å². The van der Waals surface area contributed by atoms with Crippen molar-refractivity contribution in [2.75, 3.05) is 39.5 Å². The fourth-order valence-electron chi connectivity index (χ4n) is 3.24. The lowest BCUT2D eigenvalue weighted by molar-refractivity contribution is 0.0646. The van der Waals surface area contributed by atoms with Gasteiger partial charge in [-0.25, -0.2) is 0 Å². The molecule has 6 nitrogen and oxygen atoms in total. The van der Waals surface area contributed by atoms with Gasteiger partial charge in [-0.3, -0.25) is 4.99 Å². The minimum absolute atomic E-state index is 0.109. The van der Waals surface area contributed by atoms with Crippen LogP contribution in [0.1, 0.15) is 37.2 Å². The SMILES string of the molecule is CC(OCCCNC(=NCC1CCOC1)NCCc1ccco1)c1ccccc1. The number of hydrogen-bond acceptors (Lipinski definition) is 4. The highest BCUT2D eigenvalue weighted by Gasteiger charge is 2.15. The zero-order chi connectivity index (χ0) is 20.2. The molecule has 2 heterocycles. The van der Waals surface area contributed by atoms with Crippen LogP contribution in [0.5, 0.6) is 0 Å². The molecule has 1 aromatic carbocycles. The number of aliphatic imine (C=N–C) groups is 1. The van der Waals surface area contributed by atoms with Crippen LogP contribution in [0.3, 0.4) is 0 Å². The summed E-state index contributed by atoms with van der Waals surface area (Å²) in [6, 6.07) is 14.2. The van der Waals surface area contributed by atoms with Gasteiger partial charge in [0.15, 0.2) is 5.96 Å². The Hall–Kier alpha value is -2.31. The maximum atomic E-state index is 5.95. The summed E-state index contributed by atoms with van der Waals surface area (Å²) in [5.41, 5.74) is 1.21. The normalized spacial score (nSPS) is 18.0. The summed E-state index contributed by atoms with van der Waals surface area (Å²) in [6.45, 7) is 6.85. The molecule has 0 amide bonds. The molecule has 0 bridgehead atoms. The van der Waals surface area contributed by atoms with E-state index >= 15 is 0 Å². The Morgan fingerprint density at radius 1 is 1.17 bits per heavy atom. The van der Waals surface area contributed by atoms with Crippen LogP contribution in [0.15, 0.2) is 58.1 Å². The molecular weight excluding hydrogens is 366 g/mol. The summed E-state index contributed by atoms with van der Waals surface area (Å²) >= 11 is 0. The molecule has 3 rings (SSSR count). The van der Waals surface area contributed by atoms with E-state index in [1.165, 1.54) is 5.56 Å². The molecule has 1 aliphatic rings. The summed E-state index contributed by atoms with van der Waals surface area (Å²) in [6.07, 6.45) is 4.66. The van der Waals surface area contributed by atoms with E-state index in [1.54, 1.807) is 6.26 Å². The van der Waals surface area contributed by atoms with E-state index < -0.39 is 0 Å². The number of ether oxygens (including phenoxy) is 2. The summed E-state index contributed by atoms with van der Waals surface area (Å²) in [5.74, 6) is 2.35. The van der Waals surface area contributed by atoms with Crippen molar-refractivity contribution in [1.29, 1.82) is 0 Å². The Labute approximate surface area is 173 Å². The van der Waals surface area contributed by atoms with E-state index in [4.69, 9.17) is 18.9 Å². The van der Waals surface area contributed by atoms with Gasteiger partial charge in [0.25, 0.3) is 0 Å². The first-order valence-electron chi connectivity index (χ1n) is 10.6. The van der Waals surface area contributed by atoms with E-state index in [2.05, 4.69) is 29.7 Å². The number of rotatable bonds is 11. The van der Waals surface area contributed by atoms with Crippen LogP contribution in [0.2, 0.25) is 0 Å². The zero-order valence-electron chi connectivity index (χ0n) is 17.3. The van der Waals surface area contributed by atoms with E-state index in [0.29, 0.717) is 12.5 Å². The Balaban J connectivity index is 1.37. The molecule has 29 heavy (non-hydrogen) atoms. The first kappa shape index (κ1) is 21.4. The van der Waals surface area contributed by atoms with E-state index in [1.807, 2.05) is 30.3 Å². The van der Waals surface area contributed by atoms with Gasteiger partial charge in [0.1, 0.15) is 5.76 Å². The third kappa shape index (κ3) is 7.91. The second-order valence-corrected chi connectivity index (χ2v) is 7.38. The minimum Gasteiger partial charge on any atom is -0.469 e.